The highest BCUT2D eigenvalue weighted by atomic mass is 15.2. The summed E-state index contributed by atoms with van der Waals surface area (Å²) in [7, 11) is 0. The van der Waals surface area contributed by atoms with Gasteiger partial charge in [0.2, 0.25) is 0 Å². The molecule has 94 valence electrons. The molecule has 2 aliphatic rings. The zero-order chi connectivity index (χ0) is 12.5. The standard InChI is InChI=1S/C15H19N3/c1-11-4-5-12(10-16)14(9-11)17-13-6-8-18-7-2-3-15(13)18/h4-5,9,13,15,17H,2-3,6-8H2,1H3. The first kappa shape index (κ1) is 11.6. The summed E-state index contributed by atoms with van der Waals surface area (Å²) in [5.74, 6) is 0. The van der Waals surface area contributed by atoms with Crippen LogP contribution in [0.15, 0.2) is 18.2 Å². The highest BCUT2D eigenvalue weighted by molar-refractivity contribution is 5.59. The van der Waals surface area contributed by atoms with Crippen molar-refractivity contribution in [2.24, 2.45) is 0 Å². The van der Waals surface area contributed by atoms with Crippen molar-refractivity contribution in [3.05, 3.63) is 29.3 Å². The first-order chi connectivity index (χ1) is 8.78. The van der Waals surface area contributed by atoms with E-state index in [0.717, 1.165) is 11.3 Å². The maximum Gasteiger partial charge on any atom is 0.101 e. The summed E-state index contributed by atoms with van der Waals surface area (Å²) in [6.07, 6.45) is 3.82. The van der Waals surface area contributed by atoms with Crippen molar-refractivity contribution < 1.29 is 0 Å². The summed E-state index contributed by atoms with van der Waals surface area (Å²) in [5, 5.41) is 12.8. The van der Waals surface area contributed by atoms with E-state index in [2.05, 4.69) is 29.3 Å². The molecule has 2 unspecified atom stereocenters. The SMILES string of the molecule is Cc1ccc(C#N)c(NC2CCN3CCCC23)c1. The number of hydrogen-bond acceptors (Lipinski definition) is 3. The second kappa shape index (κ2) is 4.62. The molecule has 0 radical (unpaired) electrons. The van der Waals surface area contributed by atoms with Crippen LogP contribution in [0.1, 0.15) is 30.4 Å². The van der Waals surface area contributed by atoms with Crippen molar-refractivity contribution in [2.75, 3.05) is 18.4 Å². The zero-order valence-corrected chi connectivity index (χ0v) is 10.8. The maximum atomic E-state index is 9.17. The Hall–Kier alpha value is -1.53. The Kier molecular flexibility index (Phi) is 2.97. The lowest BCUT2D eigenvalue weighted by Crippen LogP contribution is -2.33. The van der Waals surface area contributed by atoms with E-state index in [9.17, 15) is 5.26 Å². The van der Waals surface area contributed by atoms with Crippen LogP contribution < -0.4 is 5.32 Å². The molecule has 0 aromatic heterocycles. The van der Waals surface area contributed by atoms with E-state index >= 15 is 0 Å². The quantitative estimate of drug-likeness (QED) is 0.864. The van der Waals surface area contributed by atoms with E-state index in [4.69, 9.17) is 0 Å². The van der Waals surface area contributed by atoms with Gasteiger partial charge in [0.15, 0.2) is 0 Å². The lowest BCUT2D eigenvalue weighted by Gasteiger charge is -2.23. The minimum atomic E-state index is 0.515. The minimum absolute atomic E-state index is 0.515. The van der Waals surface area contributed by atoms with E-state index < -0.39 is 0 Å². The van der Waals surface area contributed by atoms with Crippen LogP contribution in [0.4, 0.5) is 5.69 Å². The minimum Gasteiger partial charge on any atom is -0.380 e. The first-order valence-corrected chi connectivity index (χ1v) is 6.79. The topological polar surface area (TPSA) is 39.1 Å². The Labute approximate surface area is 108 Å². The fourth-order valence-corrected chi connectivity index (χ4v) is 3.33. The number of benzene rings is 1. The fourth-order valence-electron chi connectivity index (χ4n) is 3.33. The third-order valence-corrected chi connectivity index (χ3v) is 4.24. The number of rotatable bonds is 2. The smallest absolute Gasteiger partial charge is 0.101 e. The summed E-state index contributed by atoms with van der Waals surface area (Å²) >= 11 is 0. The molecule has 1 aromatic carbocycles. The van der Waals surface area contributed by atoms with Gasteiger partial charge in [-0.3, -0.25) is 4.90 Å². The van der Waals surface area contributed by atoms with Gasteiger partial charge >= 0.3 is 0 Å². The van der Waals surface area contributed by atoms with Crippen molar-refractivity contribution in [1.29, 1.82) is 5.26 Å². The van der Waals surface area contributed by atoms with E-state index in [1.54, 1.807) is 0 Å². The van der Waals surface area contributed by atoms with Crippen molar-refractivity contribution in [3.8, 4) is 6.07 Å². The fraction of sp³-hybridized carbons (Fsp3) is 0.533. The van der Waals surface area contributed by atoms with Crippen LogP contribution in [-0.4, -0.2) is 30.1 Å². The van der Waals surface area contributed by atoms with Crippen molar-refractivity contribution >= 4 is 5.69 Å². The van der Waals surface area contributed by atoms with Gasteiger partial charge < -0.3 is 5.32 Å². The molecule has 3 heteroatoms. The number of aryl methyl sites for hydroxylation is 1. The summed E-state index contributed by atoms with van der Waals surface area (Å²) in [5.41, 5.74) is 2.98. The zero-order valence-electron chi connectivity index (χ0n) is 10.8. The molecule has 2 heterocycles. The average molecular weight is 241 g/mol. The number of fused-ring (bicyclic) bond motifs is 1. The largest absolute Gasteiger partial charge is 0.380 e. The van der Waals surface area contributed by atoms with Crippen molar-refractivity contribution in [2.45, 2.75) is 38.3 Å². The number of nitriles is 1. The molecule has 2 fully saturated rings. The van der Waals surface area contributed by atoms with Crippen LogP contribution in [0, 0.1) is 18.3 Å². The van der Waals surface area contributed by atoms with Gasteiger partial charge in [-0.2, -0.15) is 5.26 Å². The predicted molar refractivity (Wildman–Crippen MR) is 72.5 cm³/mol. The summed E-state index contributed by atoms with van der Waals surface area (Å²) in [4.78, 5) is 2.58. The van der Waals surface area contributed by atoms with Gasteiger partial charge in [0.05, 0.1) is 11.3 Å². The second-order valence-corrected chi connectivity index (χ2v) is 5.45. The molecule has 0 amide bonds. The monoisotopic (exact) mass is 241 g/mol. The number of anilines is 1. The second-order valence-electron chi connectivity index (χ2n) is 5.45. The normalized spacial score (nSPS) is 26.9. The van der Waals surface area contributed by atoms with Crippen LogP contribution in [-0.2, 0) is 0 Å². The van der Waals surface area contributed by atoms with E-state index in [1.807, 2.05) is 12.1 Å². The van der Waals surface area contributed by atoms with E-state index in [-0.39, 0.29) is 0 Å². The molecule has 0 saturated carbocycles. The van der Waals surface area contributed by atoms with E-state index in [1.165, 1.54) is 37.9 Å². The van der Waals surface area contributed by atoms with Crippen LogP contribution in [0.2, 0.25) is 0 Å². The number of nitrogens with one attached hydrogen (secondary N) is 1. The molecule has 0 bridgehead atoms. The molecule has 2 aliphatic heterocycles. The highest BCUT2D eigenvalue weighted by Gasteiger charge is 2.37. The lowest BCUT2D eigenvalue weighted by atomic mass is 10.0. The summed E-state index contributed by atoms with van der Waals surface area (Å²) in [6, 6.07) is 9.48. The Bertz CT molecular complexity index is 489. The van der Waals surface area contributed by atoms with Gasteiger partial charge in [0, 0.05) is 18.6 Å². The molecule has 2 saturated heterocycles. The van der Waals surface area contributed by atoms with Gasteiger partial charge in [0.25, 0.3) is 0 Å². The van der Waals surface area contributed by atoms with Gasteiger partial charge in [-0.15, -0.1) is 0 Å². The molecule has 18 heavy (non-hydrogen) atoms. The Morgan fingerprint density at radius 2 is 2.22 bits per heavy atom. The predicted octanol–water partition coefficient (Wildman–Crippen LogP) is 2.52. The molecule has 2 atom stereocenters. The molecule has 3 rings (SSSR count). The Morgan fingerprint density at radius 1 is 1.33 bits per heavy atom. The first-order valence-electron chi connectivity index (χ1n) is 6.79. The maximum absolute atomic E-state index is 9.17. The van der Waals surface area contributed by atoms with Gasteiger partial charge in [-0.25, -0.2) is 0 Å². The van der Waals surface area contributed by atoms with Crippen LogP contribution >= 0.6 is 0 Å². The third kappa shape index (κ3) is 1.97. The van der Waals surface area contributed by atoms with Gasteiger partial charge in [-0.1, -0.05) is 6.07 Å². The average Bonchev–Trinajstić information content (AvgIpc) is 2.94. The van der Waals surface area contributed by atoms with Crippen molar-refractivity contribution in [3.63, 3.8) is 0 Å². The summed E-state index contributed by atoms with van der Waals surface area (Å²) < 4.78 is 0. The summed E-state index contributed by atoms with van der Waals surface area (Å²) in [6.45, 7) is 4.53. The van der Waals surface area contributed by atoms with Crippen LogP contribution in [0.3, 0.4) is 0 Å². The molecule has 1 aromatic rings. The molecule has 1 N–H and O–H groups in total. The molecule has 0 aliphatic carbocycles. The third-order valence-electron chi connectivity index (χ3n) is 4.24. The molecule has 0 spiro atoms. The van der Waals surface area contributed by atoms with Crippen LogP contribution in [0.5, 0.6) is 0 Å². The molecular weight excluding hydrogens is 222 g/mol. The molecule has 3 nitrogen and oxygen atoms in total. The number of hydrogen-bond donors (Lipinski definition) is 1. The molecular formula is C15H19N3. The Morgan fingerprint density at radius 3 is 3.06 bits per heavy atom. The van der Waals surface area contributed by atoms with Gasteiger partial charge in [-0.05, 0) is 50.4 Å². The van der Waals surface area contributed by atoms with E-state index in [0.29, 0.717) is 12.1 Å². The number of nitrogens with zero attached hydrogens (tertiary/aromatic N) is 2. The Balaban J connectivity index is 1.80. The van der Waals surface area contributed by atoms with Crippen molar-refractivity contribution in [1.82, 2.24) is 4.90 Å². The van der Waals surface area contributed by atoms with Crippen LogP contribution in [0.25, 0.3) is 0 Å². The highest BCUT2D eigenvalue weighted by Crippen LogP contribution is 2.31. The lowest BCUT2D eigenvalue weighted by molar-refractivity contribution is 0.318. The van der Waals surface area contributed by atoms with Gasteiger partial charge in [0.1, 0.15) is 6.07 Å².